The van der Waals surface area contributed by atoms with Crippen molar-refractivity contribution in [1.29, 1.82) is 0 Å². The van der Waals surface area contributed by atoms with Gasteiger partial charge in [0.1, 0.15) is 6.04 Å². The second-order valence-electron chi connectivity index (χ2n) is 3.41. The van der Waals surface area contributed by atoms with Crippen LogP contribution < -0.4 is 0 Å². The van der Waals surface area contributed by atoms with Crippen LogP contribution in [0.15, 0.2) is 0 Å². The van der Waals surface area contributed by atoms with E-state index < -0.39 is 12.0 Å². The van der Waals surface area contributed by atoms with Crippen LogP contribution in [-0.2, 0) is 9.53 Å². The van der Waals surface area contributed by atoms with Crippen LogP contribution in [0.3, 0.4) is 0 Å². The van der Waals surface area contributed by atoms with Crippen molar-refractivity contribution < 1.29 is 14.6 Å². The van der Waals surface area contributed by atoms with E-state index >= 15 is 0 Å². The highest BCUT2D eigenvalue weighted by atomic mass is 16.5. The average Bonchev–Trinajstić information content (AvgIpc) is 2.12. The van der Waals surface area contributed by atoms with Crippen molar-refractivity contribution in [2.45, 2.75) is 32.7 Å². The van der Waals surface area contributed by atoms with E-state index in [9.17, 15) is 4.79 Å². The summed E-state index contributed by atoms with van der Waals surface area (Å²) in [7, 11) is 1.82. The Bertz CT molecular complexity index is 161. The lowest BCUT2D eigenvalue weighted by Crippen LogP contribution is -2.42. The quantitative estimate of drug-likeness (QED) is 0.602. The van der Waals surface area contributed by atoms with E-state index in [1.807, 2.05) is 25.8 Å². The summed E-state index contributed by atoms with van der Waals surface area (Å²) >= 11 is 0. The van der Waals surface area contributed by atoms with Crippen LogP contribution in [-0.4, -0.2) is 48.8 Å². The molecule has 0 aliphatic heterocycles. The van der Waals surface area contributed by atoms with Gasteiger partial charge in [0, 0.05) is 6.61 Å². The molecular weight excluding hydrogens is 182 g/mol. The predicted octanol–water partition coefficient (Wildman–Crippen LogP) is 1.21. The maximum absolute atomic E-state index is 10.9. The molecule has 0 radical (unpaired) electrons. The maximum atomic E-state index is 10.9. The third-order valence-electron chi connectivity index (χ3n) is 2.02. The van der Waals surface area contributed by atoms with Gasteiger partial charge in [-0.05, 0) is 26.4 Å². The fourth-order valence-electron chi connectivity index (χ4n) is 1.23. The average molecular weight is 203 g/mol. The SMILES string of the molecule is CCCOCC(C(=O)O)N(C)CCC. The summed E-state index contributed by atoms with van der Waals surface area (Å²) in [5.74, 6) is -0.808. The van der Waals surface area contributed by atoms with Crippen LogP contribution >= 0.6 is 0 Å². The third kappa shape index (κ3) is 5.19. The molecule has 1 atom stereocenters. The molecule has 0 heterocycles. The zero-order valence-electron chi connectivity index (χ0n) is 9.32. The van der Waals surface area contributed by atoms with Crippen LogP contribution in [0.4, 0.5) is 0 Å². The Morgan fingerprint density at radius 2 is 2.07 bits per heavy atom. The largest absolute Gasteiger partial charge is 0.480 e. The van der Waals surface area contributed by atoms with Gasteiger partial charge in [0.05, 0.1) is 6.61 Å². The molecule has 0 aromatic carbocycles. The van der Waals surface area contributed by atoms with Gasteiger partial charge in [-0.2, -0.15) is 0 Å². The molecule has 0 bridgehead atoms. The van der Waals surface area contributed by atoms with Crippen molar-refractivity contribution in [3.63, 3.8) is 0 Å². The molecule has 4 nitrogen and oxygen atoms in total. The number of hydrogen-bond acceptors (Lipinski definition) is 3. The first-order valence-electron chi connectivity index (χ1n) is 5.14. The molecule has 0 saturated heterocycles. The van der Waals surface area contributed by atoms with E-state index in [-0.39, 0.29) is 6.61 Å². The number of nitrogens with zero attached hydrogens (tertiary/aromatic N) is 1. The van der Waals surface area contributed by atoms with E-state index in [4.69, 9.17) is 9.84 Å². The maximum Gasteiger partial charge on any atom is 0.323 e. The molecule has 14 heavy (non-hydrogen) atoms. The number of hydrogen-bond donors (Lipinski definition) is 1. The van der Waals surface area contributed by atoms with Crippen LogP contribution in [0.25, 0.3) is 0 Å². The Morgan fingerprint density at radius 1 is 1.43 bits per heavy atom. The Labute approximate surface area is 85.9 Å². The van der Waals surface area contributed by atoms with Gasteiger partial charge < -0.3 is 9.84 Å². The molecule has 0 spiro atoms. The smallest absolute Gasteiger partial charge is 0.323 e. The summed E-state index contributed by atoms with van der Waals surface area (Å²) in [4.78, 5) is 12.7. The summed E-state index contributed by atoms with van der Waals surface area (Å²) in [6.45, 7) is 5.73. The standard InChI is InChI=1S/C10H21NO3/c1-4-6-11(3)9(10(12)13)8-14-7-5-2/h9H,4-8H2,1-3H3,(H,12,13). The van der Waals surface area contributed by atoms with Gasteiger partial charge in [-0.1, -0.05) is 13.8 Å². The first-order valence-corrected chi connectivity index (χ1v) is 5.14. The lowest BCUT2D eigenvalue weighted by molar-refractivity contribution is -0.145. The van der Waals surface area contributed by atoms with Crippen molar-refractivity contribution in [3.8, 4) is 0 Å². The second-order valence-corrected chi connectivity index (χ2v) is 3.41. The van der Waals surface area contributed by atoms with Crippen molar-refractivity contribution >= 4 is 5.97 Å². The number of carboxylic acids is 1. The van der Waals surface area contributed by atoms with Gasteiger partial charge in [-0.25, -0.2) is 0 Å². The summed E-state index contributed by atoms with van der Waals surface area (Å²) in [6.07, 6.45) is 1.87. The monoisotopic (exact) mass is 203 g/mol. The van der Waals surface area contributed by atoms with Crippen LogP contribution in [0.2, 0.25) is 0 Å². The minimum absolute atomic E-state index is 0.277. The topological polar surface area (TPSA) is 49.8 Å². The fraction of sp³-hybridized carbons (Fsp3) is 0.900. The number of aliphatic carboxylic acids is 1. The van der Waals surface area contributed by atoms with Crippen LogP contribution in [0.1, 0.15) is 26.7 Å². The Kier molecular flexibility index (Phi) is 7.42. The van der Waals surface area contributed by atoms with Crippen molar-refractivity contribution in [3.05, 3.63) is 0 Å². The molecule has 0 aromatic heterocycles. The van der Waals surface area contributed by atoms with E-state index in [1.54, 1.807) is 0 Å². The first kappa shape index (κ1) is 13.4. The number of ether oxygens (including phenoxy) is 1. The molecule has 1 unspecified atom stereocenters. The third-order valence-corrected chi connectivity index (χ3v) is 2.02. The normalized spacial score (nSPS) is 13.1. The molecular formula is C10H21NO3. The van der Waals surface area contributed by atoms with Gasteiger partial charge in [0.15, 0.2) is 0 Å². The molecule has 0 aromatic rings. The van der Waals surface area contributed by atoms with E-state index in [1.165, 1.54) is 0 Å². The van der Waals surface area contributed by atoms with Gasteiger partial charge >= 0.3 is 5.97 Å². The van der Waals surface area contributed by atoms with Gasteiger partial charge in [-0.15, -0.1) is 0 Å². The van der Waals surface area contributed by atoms with Crippen molar-refractivity contribution in [2.75, 3.05) is 26.8 Å². The minimum atomic E-state index is -0.808. The van der Waals surface area contributed by atoms with Crippen molar-refractivity contribution in [2.24, 2.45) is 0 Å². The number of likely N-dealkylation sites (N-methyl/N-ethyl adjacent to an activating group) is 1. The van der Waals surface area contributed by atoms with E-state index in [2.05, 4.69) is 0 Å². The zero-order chi connectivity index (χ0) is 11.0. The first-order chi connectivity index (χ1) is 6.63. The summed E-state index contributed by atoms with van der Waals surface area (Å²) in [5.41, 5.74) is 0. The molecule has 4 heteroatoms. The summed E-state index contributed by atoms with van der Waals surface area (Å²) in [5, 5.41) is 8.95. The summed E-state index contributed by atoms with van der Waals surface area (Å²) < 4.78 is 5.25. The highest BCUT2D eigenvalue weighted by molar-refractivity contribution is 5.73. The Balaban J connectivity index is 3.94. The van der Waals surface area contributed by atoms with E-state index in [0.717, 1.165) is 19.4 Å². The molecule has 1 N–H and O–H groups in total. The zero-order valence-corrected chi connectivity index (χ0v) is 9.32. The molecule has 0 aliphatic rings. The number of carbonyl (C=O) groups is 1. The minimum Gasteiger partial charge on any atom is -0.480 e. The van der Waals surface area contributed by atoms with Crippen molar-refractivity contribution in [1.82, 2.24) is 4.90 Å². The van der Waals surface area contributed by atoms with Gasteiger partial charge in [-0.3, -0.25) is 9.69 Å². The van der Waals surface area contributed by atoms with Crippen LogP contribution in [0.5, 0.6) is 0 Å². The molecule has 0 rings (SSSR count). The molecule has 0 amide bonds. The van der Waals surface area contributed by atoms with Gasteiger partial charge in [0.2, 0.25) is 0 Å². The van der Waals surface area contributed by atoms with Gasteiger partial charge in [0.25, 0.3) is 0 Å². The second kappa shape index (κ2) is 7.76. The van der Waals surface area contributed by atoms with Crippen LogP contribution in [0, 0.1) is 0 Å². The highest BCUT2D eigenvalue weighted by Gasteiger charge is 2.21. The number of carboxylic acid groups (broad SMARTS) is 1. The summed E-state index contributed by atoms with van der Waals surface area (Å²) in [6, 6.07) is -0.513. The van der Waals surface area contributed by atoms with E-state index in [0.29, 0.717) is 6.61 Å². The molecule has 84 valence electrons. The predicted molar refractivity (Wildman–Crippen MR) is 55.5 cm³/mol. The molecule has 0 saturated carbocycles. The lowest BCUT2D eigenvalue weighted by Gasteiger charge is -2.23. The Morgan fingerprint density at radius 3 is 2.50 bits per heavy atom. The molecule has 0 aliphatic carbocycles. The lowest BCUT2D eigenvalue weighted by atomic mass is 10.2. The highest BCUT2D eigenvalue weighted by Crippen LogP contribution is 1.99. The number of rotatable bonds is 8. The Hall–Kier alpha value is -0.610. The fourth-order valence-corrected chi connectivity index (χ4v) is 1.23. The molecule has 0 fully saturated rings.